The van der Waals surface area contributed by atoms with E-state index in [1.165, 1.54) is 6.20 Å². The zero-order valence-electron chi connectivity index (χ0n) is 15.3. The van der Waals surface area contributed by atoms with Gasteiger partial charge in [0.1, 0.15) is 23.5 Å². The van der Waals surface area contributed by atoms with E-state index in [2.05, 4.69) is 26.1 Å². The predicted octanol–water partition coefficient (Wildman–Crippen LogP) is 0.372. The summed E-state index contributed by atoms with van der Waals surface area (Å²) < 4.78 is 11.4. The zero-order chi connectivity index (χ0) is 19.9. The number of anilines is 1. The number of carbonyl (C=O) groups excluding carboxylic acids is 1. The summed E-state index contributed by atoms with van der Waals surface area (Å²) in [5, 5.41) is 11.7. The summed E-state index contributed by atoms with van der Waals surface area (Å²) in [5.41, 5.74) is 6.22. The standard InChI is InChI=1S/C17H25ClN6O4/c18-10-7-21-16(22-8-10)14(15(19)24-26)17(25)23-12-9-20-4-1-13(12)28-11-2-5-27-6-3-11/h1,4,9-11,14-16,21-22H,2-3,5-8,19H2,(H,23,25). The largest absolute Gasteiger partial charge is 0.488 e. The first-order chi connectivity index (χ1) is 13.6. The maximum Gasteiger partial charge on any atom is 0.234 e. The molecule has 11 heteroatoms. The summed E-state index contributed by atoms with van der Waals surface area (Å²) in [6, 6.07) is 1.69. The fourth-order valence-corrected chi connectivity index (χ4v) is 3.42. The first-order valence-electron chi connectivity index (χ1n) is 9.26. The van der Waals surface area contributed by atoms with Crippen molar-refractivity contribution in [2.75, 3.05) is 31.6 Å². The van der Waals surface area contributed by atoms with Gasteiger partial charge in [0.2, 0.25) is 5.91 Å². The number of halogens is 1. The maximum absolute atomic E-state index is 12.9. The van der Waals surface area contributed by atoms with Crippen molar-refractivity contribution in [1.82, 2.24) is 15.6 Å². The molecule has 1 amide bonds. The molecule has 0 radical (unpaired) electrons. The lowest BCUT2D eigenvalue weighted by Gasteiger charge is -2.34. The van der Waals surface area contributed by atoms with E-state index in [0.717, 1.165) is 12.8 Å². The summed E-state index contributed by atoms with van der Waals surface area (Å²) in [7, 11) is 0. The molecule has 5 N–H and O–H groups in total. The van der Waals surface area contributed by atoms with Gasteiger partial charge in [0, 0.05) is 38.2 Å². The molecule has 2 fully saturated rings. The average molecular weight is 413 g/mol. The van der Waals surface area contributed by atoms with Crippen LogP contribution >= 0.6 is 11.6 Å². The SMILES string of the molecule is NC(N=O)C(C(=O)Nc1cnccc1OC1CCOCC1)C1NCC(Cl)CN1. The van der Waals surface area contributed by atoms with Crippen molar-refractivity contribution >= 4 is 23.2 Å². The van der Waals surface area contributed by atoms with Gasteiger partial charge >= 0.3 is 0 Å². The van der Waals surface area contributed by atoms with E-state index in [1.54, 1.807) is 12.3 Å². The second-order valence-electron chi connectivity index (χ2n) is 6.80. The number of ether oxygens (including phenoxy) is 2. The average Bonchev–Trinajstić information content (AvgIpc) is 2.71. The lowest BCUT2D eigenvalue weighted by molar-refractivity contribution is -0.121. The number of hydrogen-bond donors (Lipinski definition) is 4. The molecule has 1 aromatic rings. The van der Waals surface area contributed by atoms with Crippen LogP contribution in [0.3, 0.4) is 0 Å². The molecule has 2 aliphatic heterocycles. The van der Waals surface area contributed by atoms with Crippen molar-refractivity contribution in [3.63, 3.8) is 0 Å². The molecular weight excluding hydrogens is 388 g/mol. The molecule has 154 valence electrons. The van der Waals surface area contributed by atoms with Gasteiger partial charge < -0.3 is 20.5 Å². The van der Waals surface area contributed by atoms with Crippen LogP contribution in [0, 0.1) is 10.8 Å². The molecule has 3 heterocycles. The number of alkyl halides is 1. The normalized spacial score (nSPS) is 25.5. The summed E-state index contributed by atoms with van der Waals surface area (Å²) in [5.74, 6) is -0.889. The fraction of sp³-hybridized carbons (Fsp3) is 0.647. The van der Waals surface area contributed by atoms with Crippen LogP contribution in [0.25, 0.3) is 0 Å². The lowest BCUT2D eigenvalue weighted by Crippen LogP contribution is -2.62. The van der Waals surface area contributed by atoms with E-state index in [4.69, 9.17) is 26.8 Å². The zero-order valence-corrected chi connectivity index (χ0v) is 16.1. The third-order valence-electron chi connectivity index (χ3n) is 4.77. The monoisotopic (exact) mass is 412 g/mol. The Morgan fingerprint density at radius 2 is 2.11 bits per heavy atom. The van der Waals surface area contributed by atoms with Gasteiger partial charge in [-0.1, -0.05) is 5.18 Å². The number of nitrogens with two attached hydrogens (primary N) is 1. The molecule has 0 saturated carbocycles. The molecule has 1 aromatic heterocycles. The third kappa shape index (κ3) is 5.36. The van der Waals surface area contributed by atoms with Crippen LogP contribution in [-0.2, 0) is 9.53 Å². The molecule has 2 unspecified atom stereocenters. The van der Waals surface area contributed by atoms with Crippen LogP contribution in [-0.4, -0.2) is 61.0 Å². The van der Waals surface area contributed by atoms with Crippen LogP contribution in [0.1, 0.15) is 12.8 Å². The van der Waals surface area contributed by atoms with Gasteiger partial charge in [-0.15, -0.1) is 16.5 Å². The van der Waals surface area contributed by atoms with Crippen LogP contribution < -0.4 is 26.4 Å². The van der Waals surface area contributed by atoms with Gasteiger partial charge in [0.25, 0.3) is 0 Å². The van der Waals surface area contributed by atoms with Crippen LogP contribution in [0.15, 0.2) is 23.6 Å². The number of nitroso groups, excluding NO2 is 1. The molecule has 2 atom stereocenters. The molecule has 0 spiro atoms. The maximum atomic E-state index is 12.9. The minimum absolute atomic E-state index is 0.00355. The number of hydrogen-bond acceptors (Lipinski definition) is 9. The minimum Gasteiger partial charge on any atom is -0.488 e. The molecule has 28 heavy (non-hydrogen) atoms. The third-order valence-corrected chi connectivity index (χ3v) is 5.08. The Morgan fingerprint density at radius 1 is 1.39 bits per heavy atom. The highest BCUT2D eigenvalue weighted by molar-refractivity contribution is 6.21. The second kappa shape index (κ2) is 10.1. The second-order valence-corrected chi connectivity index (χ2v) is 7.42. The van der Waals surface area contributed by atoms with E-state index in [0.29, 0.717) is 37.7 Å². The lowest BCUT2D eigenvalue weighted by atomic mass is 9.99. The van der Waals surface area contributed by atoms with E-state index >= 15 is 0 Å². The Morgan fingerprint density at radius 3 is 2.79 bits per heavy atom. The molecule has 3 rings (SSSR count). The summed E-state index contributed by atoms with van der Waals surface area (Å²) in [6.07, 6.45) is 2.88. The summed E-state index contributed by atoms with van der Waals surface area (Å²) >= 11 is 6.05. The van der Waals surface area contributed by atoms with E-state index in [-0.39, 0.29) is 11.5 Å². The predicted molar refractivity (Wildman–Crippen MR) is 104 cm³/mol. The molecule has 0 aromatic carbocycles. The number of rotatable bonds is 7. The van der Waals surface area contributed by atoms with Gasteiger partial charge in [0.05, 0.1) is 31.0 Å². The Balaban J connectivity index is 1.71. The first-order valence-corrected chi connectivity index (χ1v) is 9.70. The van der Waals surface area contributed by atoms with Crippen molar-refractivity contribution in [2.45, 2.75) is 36.7 Å². The van der Waals surface area contributed by atoms with E-state index in [1.807, 2.05) is 0 Å². The number of carbonyl (C=O) groups is 1. The van der Waals surface area contributed by atoms with Crippen molar-refractivity contribution in [3.8, 4) is 5.75 Å². The van der Waals surface area contributed by atoms with Crippen molar-refractivity contribution < 1.29 is 14.3 Å². The van der Waals surface area contributed by atoms with Crippen molar-refractivity contribution in [2.24, 2.45) is 16.8 Å². The van der Waals surface area contributed by atoms with Gasteiger partial charge in [-0.3, -0.25) is 20.4 Å². The van der Waals surface area contributed by atoms with Gasteiger partial charge in [-0.2, -0.15) is 0 Å². The van der Waals surface area contributed by atoms with Crippen molar-refractivity contribution in [3.05, 3.63) is 23.4 Å². The Bertz CT molecular complexity index is 667. The summed E-state index contributed by atoms with van der Waals surface area (Å²) in [6.45, 7) is 2.25. The quantitative estimate of drug-likeness (QED) is 0.372. The number of amides is 1. The van der Waals surface area contributed by atoms with Gasteiger partial charge in [0.15, 0.2) is 6.17 Å². The van der Waals surface area contributed by atoms with E-state index < -0.39 is 24.2 Å². The van der Waals surface area contributed by atoms with Crippen molar-refractivity contribution in [1.29, 1.82) is 0 Å². The number of nitrogens with zero attached hydrogens (tertiary/aromatic N) is 2. The van der Waals surface area contributed by atoms with Gasteiger partial charge in [-0.25, -0.2) is 0 Å². The molecule has 0 bridgehead atoms. The Hall–Kier alpha value is -1.85. The molecule has 10 nitrogen and oxygen atoms in total. The first kappa shape index (κ1) is 20.9. The molecule has 2 aliphatic rings. The summed E-state index contributed by atoms with van der Waals surface area (Å²) in [4.78, 5) is 28.0. The smallest absolute Gasteiger partial charge is 0.234 e. The van der Waals surface area contributed by atoms with E-state index in [9.17, 15) is 9.70 Å². The highest BCUT2D eigenvalue weighted by Crippen LogP contribution is 2.27. The fourth-order valence-electron chi connectivity index (χ4n) is 3.24. The highest BCUT2D eigenvalue weighted by atomic mass is 35.5. The molecule has 2 saturated heterocycles. The van der Waals surface area contributed by atoms with Crippen LogP contribution in [0.5, 0.6) is 5.75 Å². The Kier molecular flexibility index (Phi) is 7.51. The molecule has 0 aliphatic carbocycles. The van der Waals surface area contributed by atoms with Gasteiger partial charge in [-0.05, 0) is 0 Å². The Labute approximate surface area is 167 Å². The highest BCUT2D eigenvalue weighted by Gasteiger charge is 2.37. The topological polar surface area (TPSA) is 140 Å². The van der Waals surface area contributed by atoms with Crippen LogP contribution in [0.2, 0.25) is 0 Å². The number of pyridine rings is 1. The minimum atomic E-state index is -1.23. The van der Waals surface area contributed by atoms with Crippen LogP contribution in [0.4, 0.5) is 5.69 Å². The number of nitrogens with one attached hydrogen (secondary N) is 3. The number of aromatic nitrogens is 1. The molecular formula is C17H25ClN6O4.